The molecule has 0 unspecified atom stereocenters. The fourth-order valence-corrected chi connectivity index (χ4v) is 2.32. The van der Waals surface area contributed by atoms with Crippen LogP contribution in [0.5, 0.6) is 0 Å². The molecule has 0 spiro atoms. The first kappa shape index (κ1) is 9.43. The SMILES string of the molecule is Cc1ccc2c(c1)c1ccccc1n2CO. The van der Waals surface area contributed by atoms with Crippen molar-refractivity contribution in [2.45, 2.75) is 13.7 Å². The van der Waals surface area contributed by atoms with Crippen molar-refractivity contribution in [3.8, 4) is 0 Å². The Bertz CT molecular complexity index is 667. The standard InChI is InChI=1S/C14H13NO/c1-10-6-7-14-12(8-10)11-4-2-3-5-13(11)15(14)9-16/h2-8,16H,9H2,1H3. The van der Waals surface area contributed by atoms with E-state index in [0.717, 1.165) is 11.0 Å². The summed E-state index contributed by atoms with van der Waals surface area (Å²) in [5, 5.41) is 11.9. The van der Waals surface area contributed by atoms with Crippen molar-refractivity contribution in [3.05, 3.63) is 48.0 Å². The van der Waals surface area contributed by atoms with Crippen LogP contribution in [0.15, 0.2) is 42.5 Å². The molecule has 80 valence electrons. The first-order valence-electron chi connectivity index (χ1n) is 5.40. The minimum absolute atomic E-state index is 0.0209. The molecule has 1 heterocycles. The number of para-hydroxylation sites is 1. The monoisotopic (exact) mass is 211 g/mol. The fourth-order valence-electron chi connectivity index (χ4n) is 2.32. The molecule has 1 N–H and O–H groups in total. The molecule has 0 saturated heterocycles. The Balaban J connectivity index is 2.59. The van der Waals surface area contributed by atoms with Gasteiger partial charge in [0, 0.05) is 10.8 Å². The second-order valence-corrected chi connectivity index (χ2v) is 4.11. The minimum Gasteiger partial charge on any atom is -0.376 e. The maximum Gasteiger partial charge on any atom is 0.120 e. The van der Waals surface area contributed by atoms with Gasteiger partial charge in [-0.1, -0.05) is 29.8 Å². The Kier molecular flexibility index (Phi) is 1.98. The topological polar surface area (TPSA) is 25.2 Å². The molecule has 0 amide bonds. The van der Waals surface area contributed by atoms with Gasteiger partial charge in [0.1, 0.15) is 6.73 Å². The minimum atomic E-state index is 0.0209. The quantitative estimate of drug-likeness (QED) is 0.657. The summed E-state index contributed by atoms with van der Waals surface area (Å²) in [7, 11) is 0. The summed E-state index contributed by atoms with van der Waals surface area (Å²) in [6.07, 6.45) is 0. The van der Waals surface area contributed by atoms with Gasteiger partial charge in [-0.3, -0.25) is 0 Å². The third-order valence-electron chi connectivity index (χ3n) is 3.07. The molecule has 0 aliphatic carbocycles. The molecule has 3 rings (SSSR count). The molecule has 0 atom stereocenters. The largest absolute Gasteiger partial charge is 0.376 e. The van der Waals surface area contributed by atoms with Crippen LogP contribution >= 0.6 is 0 Å². The van der Waals surface area contributed by atoms with Crippen LogP contribution in [0.25, 0.3) is 21.8 Å². The van der Waals surface area contributed by atoms with E-state index in [0.29, 0.717) is 0 Å². The lowest BCUT2D eigenvalue weighted by Gasteiger charge is -2.01. The number of aromatic nitrogens is 1. The molecule has 2 aromatic carbocycles. The van der Waals surface area contributed by atoms with Gasteiger partial charge in [0.2, 0.25) is 0 Å². The zero-order valence-corrected chi connectivity index (χ0v) is 9.14. The van der Waals surface area contributed by atoms with Crippen molar-refractivity contribution in [3.63, 3.8) is 0 Å². The number of hydrogen-bond acceptors (Lipinski definition) is 1. The van der Waals surface area contributed by atoms with E-state index in [1.165, 1.54) is 16.3 Å². The molecule has 0 bridgehead atoms. The number of aliphatic hydroxyl groups excluding tert-OH is 1. The van der Waals surface area contributed by atoms with Gasteiger partial charge in [0.05, 0.1) is 11.0 Å². The summed E-state index contributed by atoms with van der Waals surface area (Å²) in [4.78, 5) is 0. The Hall–Kier alpha value is -1.80. The summed E-state index contributed by atoms with van der Waals surface area (Å²) in [5.41, 5.74) is 3.42. The highest BCUT2D eigenvalue weighted by Gasteiger charge is 2.08. The van der Waals surface area contributed by atoms with Crippen LogP contribution in [0.3, 0.4) is 0 Å². The highest BCUT2D eigenvalue weighted by atomic mass is 16.3. The zero-order chi connectivity index (χ0) is 11.1. The molecule has 0 aliphatic heterocycles. The van der Waals surface area contributed by atoms with Crippen LogP contribution in [0.2, 0.25) is 0 Å². The second-order valence-electron chi connectivity index (χ2n) is 4.11. The van der Waals surface area contributed by atoms with Crippen LogP contribution in [0.1, 0.15) is 5.56 Å². The average Bonchev–Trinajstić information content (AvgIpc) is 2.62. The fraction of sp³-hybridized carbons (Fsp3) is 0.143. The lowest BCUT2D eigenvalue weighted by molar-refractivity contribution is 0.220. The molecule has 0 saturated carbocycles. The molecular weight excluding hydrogens is 198 g/mol. The molecule has 0 fully saturated rings. The van der Waals surface area contributed by atoms with Crippen LogP contribution in [-0.4, -0.2) is 9.67 Å². The molecular formula is C14H13NO. The first-order chi connectivity index (χ1) is 7.81. The van der Waals surface area contributed by atoms with E-state index >= 15 is 0 Å². The van der Waals surface area contributed by atoms with Crippen LogP contribution in [0, 0.1) is 6.92 Å². The van der Waals surface area contributed by atoms with E-state index in [-0.39, 0.29) is 6.73 Å². The highest BCUT2D eigenvalue weighted by molar-refractivity contribution is 6.08. The van der Waals surface area contributed by atoms with Crippen LogP contribution in [-0.2, 0) is 6.73 Å². The number of aliphatic hydroxyl groups is 1. The van der Waals surface area contributed by atoms with E-state index in [1.54, 1.807) is 0 Å². The predicted molar refractivity (Wildman–Crippen MR) is 66.4 cm³/mol. The lowest BCUT2D eigenvalue weighted by Crippen LogP contribution is -1.95. The van der Waals surface area contributed by atoms with Gasteiger partial charge < -0.3 is 9.67 Å². The summed E-state index contributed by atoms with van der Waals surface area (Å²) >= 11 is 0. The summed E-state index contributed by atoms with van der Waals surface area (Å²) in [6, 6.07) is 14.5. The average molecular weight is 211 g/mol. The smallest absolute Gasteiger partial charge is 0.120 e. The summed E-state index contributed by atoms with van der Waals surface area (Å²) in [6.45, 7) is 2.11. The van der Waals surface area contributed by atoms with E-state index in [1.807, 2.05) is 22.8 Å². The third-order valence-corrected chi connectivity index (χ3v) is 3.07. The molecule has 3 aromatic rings. The number of nitrogens with zero attached hydrogens (tertiary/aromatic N) is 1. The molecule has 0 radical (unpaired) electrons. The Morgan fingerprint density at radius 2 is 1.75 bits per heavy atom. The van der Waals surface area contributed by atoms with Gasteiger partial charge in [-0.2, -0.15) is 0 Å². The lowest BCUT2D eigenvalue weighted by atomic mass is 10.1. The van der Waals surface area contributed by atoms with Gasteiger partial charge in [-0.05, 0) is 25.1 Å². The van der Waals surface area contributed by atoms with Gasteiger partial charge in [0.25, 0.3) is 0 Å². The predicted octanol–water partition coefficient (Wildman–Crippen LogP) is 3.05. The van der Waals surface area contributed by atoms with E-state index in [9.17, 15) is 5.11 Å². The summed E-state index contributed by atoms with van der Waals surface area (Å²) < 4.78 is 1.93. The van der Waals surface area contributed by atoms with Crippen molar-refractivity contribution in [2.75, 3.05) is 0 Å². The van der Waals surface area contributed by atoms with E-state index in [4.69, 9.17) is 0 Å². The van der Waals surface area contributed by atoms with Crippen molar-refractivity contribution in [1.29, 1.82) is 0 Å². The van der Waals surface area contributed by atoms with Crippen molar-refractivity contribution < 1.29 is 5.11 Å². The number of fused-ring (bicyclic) bond motifs is 3. The van der Waals surface area contributed by atoms with Crippen molar-refractivity contribution in [1.82, 2.24) is 4.57 Å². The van der Waals surface area contributed by atoms with Gasteiger partial charge in [-0.25, -0.2) is 0 Å². The van der Waals surface area contributed by atoms with Crippen molar-refractivity contribution in [2.24, 2.45) is 0 Å². The zero-order valence-electron chi connectivity index (χ0n) is 9.14. The third kappa shape index (κ3) is 1.17. The number of benzene rings is 2. The van der Waals surface area contributed by atoms with E-state index < -0.39 is 0 Å². The van der Waals surface area contributed by atoms with Gasteiger partial charge in [0.15, 0.2) is 0 Å². The number of rotatable bonds is 1. The maximum atomic E-state index is 9.45. The van der Waals surface area contributed by atoms with E-state index in [2.05, 4.69) is 31.2 Å². The maximum absolute atomic E-state index is 9.45. The Labute approximate surface area is 93.7 Å². The van der Waals surface area contributed by atoms with Crippen LogP contribution < -0.4 is 0 Å². The van der Waals surface area contributed by atoms with Gasteiger partial charge in [-0.15, -0.1) is 0 Å². The Morgan fingerprint density at radius 1 is 1.00 bits per heavy atom. The molecule has 16 heavy (non-hydrogen) atoms. The number of hydrogen-bond donors (Lipinski definition) is 1. The molecule has 1 aromatic heterocycles. The van der Waals surface area contributed by atoms with Gasteiger partial charge >= 0.3 is 0 Å². The molecule has 0 aliphatic rings. The molecule has 2 nitrogen and oxygen atoms in total. The molecule has 2 heteroatoms. The summed E-state index contributed by atoms with van der Waals surface area (Å²) in [5.74, 6) is 0. The van der Waals surface area contributed by atoms with Crippen molar-refractivity contribution >= 4 is 21.8 Å². The van der Waals surface area contributed by atoms with Crippen LogP contribution in [0.4, 0.5) is 0 Å². The Morgan fingerprint density at radius 3 is 2.56 bits per heavy atom. The number of aryl methyl sites for hydroxylation is 1. The normalized spacial score (nSPS) is 11.4. The highest BCUT2D eigenvalue weighted by Crippen LogP contribution is 2.29. The first-order valence-corrected chi connectivity index (χ1v) is 5.40. The second kappa shape index (κ2) is 3.35.